The molecule has 0 heterocycles. The van der Waals surface area contributed by atoms with Gasteiger partial charge in [-0.25, -0.2) is 0 Å². The van der Waals surface area contributed by atoms with Crippen molar-refractivity contribution >= 4 is 21.3 Å². The Morgan fingerprint density at radius 1 is 1.47 bits per heavy atom. The lowest BCUT2D eigenvalue weighted by Crippen LogP contribution is -2.41. The molecule has 0 rings (SSSR count). The molecule has 6 heteroatoms. The van der Waals surface area contributed by atoms with E-state index in [2.05, 4.69) is 14.8 Å². The number of carbonyl (C=O) groups is 2. The van der Waals surface area contributed by atoms with E-state index in [-0.39, 0.29) is 18.1 Å². The number of hydrogen-bond acceptors (Lipinski definition) is 3. The Hall–Kier alpha value is -0.670. The van der Waals surface area contributed by atoms with Gasteiger partial charge in [-0.15, -0.1) is 0 Å². The van der Waals surface area contributed by atoms with Gasteiger partial charge in [0.15, 0.2) is 0 Å². The topological polar surface area (TPSA) is 75.6 Å². The van der Waals surface area contributed by atoms with Crippen LogP contribution >= 0.6 is 9.47 Å². The molecule has 0 saturated heterocycles. The van der Waals surface area contributed by atoms with Crippen LogP contribution in [0.5, 0.6) is 0 Å². The predicted molar refractivity (Wildman–Crippen MR) is 59.3 cm³/mol. The molecule has 0 aromatic heterocycles. The Morgan fingerprint density at radius 2 is 2.00 bits per heavy atom. The molecule has 88 valence electrons. The molecule has 0 spiro atoms. The first-order chi connectivity index (χ1) is 6.88. The molecule has 0 fully saturated rings. The average Bonchev–Trinajstić information content (AvgIpc) is 2.11. The van der Waals surface area contributed by atoms with E-state index in [0.717, 1.165) is 0 Å². The number of carbonyl (C=O) groups excluding carboxylic acids is 1. The second kappa shape index (κ2) is 6.75. The van der Waals surface area contributed by atoms with E-state index >= 15 is 0 Å². The minimum absolute atomic E-state index is 0.155. The zero-order valence-corrected chi connectivity index (χ0v) is 10.3. The highest BCUT2D eigenvalue weighted by molar-refractivity contribution is 7.09. The van der Waals surface area contributed by atoms with Crippen LogP contribution in [0, 0.1) is 5.92 Å². The summed E-state index contributed by atoms with van der Waals surface area (Å²) in [5, 5.41) is 11.4. The third-order valence-corrected chi connectivity index (χ3v) is 2.52. The monoisotopic (exact) mass is 235 g/mol. The molecule has 0 aliphatic heterocycles. The van der Waals surface area contributed by atoms with Crippen molar-refractivity contribution in [3.8, 4) is 0 Å². The summed E-state index contributed by atoms with van der Waals surface area (Å²) in [4.78, 5) is 21.5. The fraction of sp³-hybridized carbons (Fsp3) is 0.778. The molecule has 0 radical (unpaired) electrons. The van der Waals surface area contributed by atoms with E-state index in [1.807, 2.05) is 0 Å². The zero-order chi connectivity index (χ0) is 12.0. The highest BCUT2D eigenvalue weighted by Gasteiger charge is 2.23. The maximum Gasteiger partial charge on any atom is 0.306 e. The molecular formula is C9H18NO4P. The summed E-state index contributed by atoms with van der Waals surface area (Å²) in [6.07, 6.45) is 0.0466. The minimum Gasteiger partial charge on any atom is -0.481 e. The van der Waals surface area contributed by atoms with Gasteiger partial charge in [-0.2, -0.15) is 0 Å². The zero-order valence-electron chi connectivity index (χ0n) is 9.19. The van der Waals surface area contributed by atoms with Crippen LogP contribution in [0.25, 0.3) is 0 Å². The Balaban J connectivity index is 4.23. The molecule has 0 aliphatic rings. The molecule has 0 aromatic rings. The first kappa shape index (κ1) is 14.3. The van der Waals surface area contributed by atoms with Gasteiger partial charge in [0.05, 0.1) is 18.1 Å². The Kier molecular flexibility index (Phi) is 6.45. The molecule has 2 N–H and O–H groups in total. The van der Waals surface area contributed by atoms with Crippen LogP contribution in [0.2, 0.25) is 0 Å². The lowest BCUT2D eigenvalue weighted by atomic mass is 9.99. The minimum atomic E-state index is -0.864. The maximum atomic E-state index is 10.8. The van der Waals surface area contributed by atoms with Crippen molar-refractivity contribution in [1.82, 2.24) is 5.32 Å². The van der Waals surface area contributed by atoms with Gasteiger partial charge in [0.25, 0.3) is 0 Å². The van der Waals surface area contributed by atoms with E-state index in [1.54, 1.807) is 13.8 Å². The van der Waals surface area contributed by atoms with Crippen LogP contribution in [-0.4, -0.2) is 29.1 Å². The summed E-state index contributed by atoms with van der Waals surface area (Å²) in [5.41, 5.74) is 0. The third-order valence-electron chi connectivity index (χ3n) is 2.17. The van der Waals surface area contributed by atoms with Crippen molar-refractivity contribution in [2.45, 2.75) is 39.3 Å². The van der Waals surface area contributed by atoms with Crippen molar-refractivity contribution in [1.29, 1.82) is 0 Å². The van der Waals surface area contributed by atoms with Crippen molar-refractivity contribution in [2.24, 2.45) is 5.92 Å². The Morgan fingerprint density at radius 3 is 2.33 bits per heavy atom. The van der Waals surface area contributed by atoms with Gasteiger partial charge < -0.3 is 14.9 Å². The van der Waals surface area contributed by atoms with Crippen molar-refractivity contribution in [2.75, 3.05) is 0 Å². The molecule has 0 aliphatic carbocycles. The highest BCUT2D eigenvalue weighted by atomic mass is 31.0. The van der Waals surface area contributed by atoms with Crippen LogP contribution in [0.3, 0.4) is 0 Å². The van der Waals surface area contributed by atoms with E-state index in [0.29, 0.717) is 6.42 Å². The number of carboxylic acid groups (broad SMARTS) is 1. The molecular weight excluding hydrogens is 217 g/mol. The van der Waals surface area contributed by atoms with Gasteiger partial charge >= 0.3 is 5.97 Å². The predicted octanol–water partition coefficient (Wildman–Crippen LogP) is 0.797. The van der Waals surface area contributed by atoms with Crippen molar-refractivity contribution in [3.63, 3.8) is 0 Å². The highest BCUT2D eigenvalue weighted by Crippen LogP contribution is 2.15. The number of rotatable bonds is 6. The molecule has 0 bridgehead atoms. The molecule has 0 saturated carbocycles. The molecule has 4 atom stereocenters. The fourth-order valence-corrected chi connectivity index (χ4v) is 1.59. The quantitative estimate of drug-likeness (QED) is 0.667. The van der Waals surface area contributed by atoms with Gasteiger partial charge in [0, 0.05) is 16.4 Å². The lowest BCUT2D eigenvalue weighted by molar-refractivity contribution is -0.142. The van der Waals surface area contributed by atoms with Gasteiger partial charge in [0.1, 0.15) is 0 Å². The molecule has 1 amide bonds. The first-order valence-corrected chi connectivity index (χ1v) is 5.21. The number of hydrogen-bond donors (Lipinski definition) is 2. The van der Waals surface area contributed by atoms with Gasteiger partial charge in [0.2, 0.25) is 5.91 Å². The Labute approximate surface area is 91.9 Å². The molecule has 5 nitrogen and oxygen atoms in total. The third kappa shape index (κ3) is 5.70. The standard InChI is InChI=1S/C9H18NO4P/c1-5(9(12)13)4-8(14-15)6(2)10-7(3)11/h5-6,8H,4,15H2,1-3H3,(H,10,11)(H,12,13)/t5-,6+,8?/m1/s1. The van der Waals surface area contributed by atoms with Crippen LogP contribution in [0.4, 0.5) is 0 Å². The summed E-state index contributed by atoms with van der Waals surface area (Å²) in [6.45, 7) is 4.81. The maximum absolute atomic E-state index is 10.8. The summed E-state index contributed by atoms with van der Waals surface area (Å²) >= 11 is 0. The lowest BCUT2D eigenvalue weighted by Gasteiger charge is -2.24. The van der Waals surface area contributed by atoms with Crippen LogP contribution in [0.15, 0.2) is 0 Å². The van der Waals surface area contributed by atoms with Crippen molar-refractivity contribution < 1.29 is 19.2 Å². The summed E-state index contributed by atoms with van der Waals surface area (Å²) in [6, 6.07) is -0.207. The van der Waals surface area contributed by atoms with Crippen LogP contribution in [-0.2, 0) is 14.1 Å². The largest absolute Gasteiger partial charge is 0.481 e. The normalized spacial score (nSPS) is 16.5. The van der Waals surface area contributed by atoms with Crippen LogP contribution < -0.4 is 5.32 Å². The second-order valence-corrected chi connectivity index (χ2v) is 3.91. The number of aliphatic carboxylic acids is 1. The smallest absolute Gasteiger partial charge is 0.306 e. The van der Waals surface area contributed by atoms with E-state index < -0.39 is 11.9 Å². The van der Waals surface area contributed by atoms with Crippen LogP contribution in [0.1, 0.15) is 27.2 Å². The number of carboxylic acids is 1. The molecule has 2 unspecified atom stereocenters. The SMILES string of the molecule is CC(=O)N[C@@H](C)C(C[C@@H](C)C(=O)O)OP. The summed E-state index contributed by atoms with van der Waals surface area (Å²) < 4.78 is 5.07. The van der Waals surface area contributed by atoms with Gasteiger partial charge in [-0.3, -0.25) is 9.59 Å². The van der Waals surface area contributed by atoms with Crippen molar-refractivity contribution in [3.05, 3.63) is 0 Å². The molecule has 15 heavy (non-hydrogen) atoms. The van der Waals surface area contributed by atoms with E-state index in [1.165, 1.54) is 6.92 Å². The van der Waals surface area contributed by atoms with E-state index in [4.69, 9.17) is 9.63 Å². The van der Waals surface area contributed by atoms with Gasteiger partial charge in [-0.1, -0.05) is 6.92 Å². The Bertz CT molecular complexity index is 234. The van der Waals surface area contributed by atoms with Gasteiger partial charge in [-0.05, 0) is 13.3 Å². The molecule has 0 aromatic carbocycles. The number of amides is 1. The number of nitrogens with one attached hydrogen (secondary N) is 1. The fourth-order valence-electron chi connectivity index (χ4n) is 1.24. The average molecular weight is 235 g/mol. The summed E-state index contributed by atoms with van der Waals surface area (Å²) in [7, 11) is 2.10. The first-order valence-electron chi connectivity index (χ1n) is 4.74. The van der Waals surface area contributed by atoms with E-state index in [9.17, 15) is 9.59 Å². The second-order valence-electron chi connectivity index (χ2n) is 3.64. The summed E-state index contributed by atoms with van der Waals surface area (Å²) in [5.74, 6) is -1.51.